The number of hydrogen-bond donors (Lipinski definition) is 3. The first-order valence-electron chi connectivity index (χ1n) is 7.09. The van der Waals surface area contributed by atoms with Crippen molar-refractivity contribution >= 4 is 29.0 Å². The number of guanidine groups is 1. The van der Waals surface area contributed by atoms with Gasteiger partial charge in [-0.2, -0.15) is 0 Å². The standard InChI is InChI=1S/C15H24N4OS/c1-4-11-7-6-8-12(5-2)13(11)18-15(21)19-14(16)17-9-10-20-3/h6-8H,4-5,9-10H2,1-3H3,(H4,16,17,18,19,21). The molecule has 0 unspecified atom stereocenters. The zero-order chi connectivity index (χ0) is 15.7. The maximum absolute atomic E-state index is 5.77. The Morgan fingerprint density at radius 3 is 2.43 bits per heavy atom. The zero-order valence-corrected chi connectivity index (χ0v) is 13.7. The molecule has 0 amide bonds. The molecule has 21 heavy (non-hydrogen) atoms. The van der Waals surface area contributed by atoms with Crippen LogP contribution in [-0.4, -0.2) is 31.3 Å². The smallest absolute Gasteiger partial charge is 0.194 e. The van der Waals surface area contributed by atoms with Crippen molar-refractivity contribution in [3.05, 3.63) is 29.3 Å². The van der Waals surface area contributed by atoms with Gasteiger partial charge in [0.2, 0.25) is 0 Å². The van der Waals surface area contributed by atoms with Crippen molar-refractivity contribution in [1.82, 2.24) is 5.32 Å². The van der Waals surface area contributed by atoms with E-state index in [4.69, 9.17) is 22.7 Å². The average molecular weight is 308 g/mol. The number of anilines is 1. The number of thiocarbonyl (C=S) groups is 1. The number of ether oxygens (including phenoxy) is 1. The third kappa shape index (κ3) is 5.69. The number of nitrogens with one attached hydrogen (secondary N) is 2. The highest BCUT2D eigenvalue weighted by Gasteiger charge is 2.08. The van der Waals surface area contributed by atoms with Crippen LogP contribution >= 0.6 is 12.2 Å². The summed E-state index contributed by atoms with van der Waals surface area (Å²) in [6.45, 7) is 5.28. The summed E-state index contributed by atoms with van der Waals surface area (Å²) in [6, 6.07) is 6.26. The van der Waals surface area contributed by atoms with Gasteiger partial charge in [0, 0.05) is 12.8 Å². The number of rotatable bonds is 6. The molecule has 0 fully saturated rings. The van der Waals surface area contributed by atoms with Gasteiger partial charge in [-0.25, -0.2) is 0 Å². The number of para-hydroxylation sites is 1. The third-order valence-electron chi connectivity index (χ3n) is 3.06. The molecular formula is C15H24N4OS. The van der Waals surface area contributed by atoms with E-state index in [0.717, 1.165) is 18.5 Å². The van der Waals surface area contributed by atoms with Gasteiger partial charge in [0.1, 0.15) is 0 Å². The molecule has 4 N–H and O–H groups in total. The number of aliphatic imine (C=N–C) groups is 1. The van der Waals surface area contributed by atoms with Gasteiger partial charge in [-0.3, -0.25) is 4.99 Å². The van der Waals surface area contributed by atoms with Crippen molar-refractivity contribution in [3.8, 4) is 0 Å². The van der Waals surface area contributed by atoms with Crippen LogP contribution in [0.5, 0.6) is 0 Å². The number of aryl methyl sites for hydroxylation is 2. The summed E-state index contributed by atoms with van der Waals surface area (Å²) < 4.78 is 4.91. The SMILES string of the molecule is CCc1cccc(CC)c1NC(=S)NC(N)=NCCOC. The summed E-state index contributed by atoms with van der Waals surface area (Å²) >= 11 is 5.29. The summed E-state index contributed by atoms with van der Waals surface area (Å²) in [6.07, 6.45) is 1.88. The van der Waals surface area contributed by atoms with Gasteiger partial charge in [-0.15, -0.1) is 0 Å². The Balaban J connectivity index is 2.72. The van der Waals surface area contributed by atoms with E-state index in [9.17, 15) is 0 Å². The van der Waals surface area contributed by atoms with Crippen LogP contribution < -0.4 is 16.4 Å². The molecule has 0 aliphatic heterocycles. The van der Waals surface area contributed by atoms with Crippen LogP contribution in [0.3, 0.4) is 0 Å². The second-order valence-electron chi connectivity index (χ2n) is 4.50. The van der Waals surface area contributed by atoms with E-state index in [1.807, 2.05) is 0 Å². The quantitative estimate of drug-likeness (QED) is 0.325. The Bertz CT molecular complexity index is 480. The summed E-state index contributed by atoms with van der Waals surface area (Å²) in [7, 11) is 1.62. The van der Waals surface area contributed by atoms with E-state index in [2.05, 4.69) is 47.7 Å². The third-order valence-corrected chi connectivity index (χ3v) is 3.26. The number of hydrogen-bond acceptors (Lipinski definition) is 3. The molecule has 0 aromatic heterocycles. The molecule has 0 saturated heterocycles. The maximum Gasteiger partial charge on any atom is 0.194 e. The minimum atomic E-state index is 0.288. The maximum atomic E-state index is 5.77. The summed E-state index contributed by atoms with van der Waals surface area (Å²) in [4.78, 5) is 4.11. The van der Waals surface area contributed by atoms with Crippen LogP contribution in [0.4, 0.5) is 5.69 Å². The predicted molar refractivity (Wildman–Crippen MR) is 92.9 cm³/mol. The average Bonchev–Trinajstić information content (AvgIpc) is 2.47. The van der Waals surface area contributed by atoms with Crippen LogP contribution in [0.15, 0.2) is 23.2 Å². The fourth-order valence-corrected chi connectivity index (χ4v) is 2.17. The van der Waals surface area contributed by atoms with E-state index in [1.54, 1.807) is 7.11 Å². The minimum Gasteiger partial charge on any atom is -0.383 e. The molecule has 5 nitrogen and oxygen atoms in total. The second-order valence-corrected chi connectivity index (χ2v) is 4.91. The van der Waals surface area contributed by atoms with Gasteiger partial charge in [-0.05, 0) is 36.2 Å². The molecule has 0 atom stereocenters. The van der Waals surface area contributed by atoms with Crippen LogP contribution in [0.1, 0.15) is 25.0 Å². The van der Waals surface area contributed by atoms with Crippen LogP contribution in [0.2, 0.25) is 0 Å². The van der Waals surface area contributed by atoms with Gasteiger partial charge < -0.3 is 21.1 Å². The fourth-order valence-electron chi connectivity index (χ4n) is 1.96. The summed E-state index contributed by atoms with van der Waals surface area (Å²) in [5.41, 5.74) is 9.29. The van der Waals surface area contributed by atoms with Crippen molar-refractivity contribution in [1.29, 1.82) is 0 Å². The van der Waals surface area contributed by atoms with Crippen molar-refractivity contribution in [2.24, 2.45) is 10.7 Å². The first-order valence-corrected chi connectivity index (χ1v) is 7.50. The second kappa shape index (κ2) is 9.31. The highest BCUT2D eigenvalue weighted by molar-refractivity contribution is 7.80. The Hall–Kier alpha value is -1.66. The first kappa shape index (κ1) is 17.4. The normalized spacial score (nSPS) is 11.3. The lowest BCUT2D eigenvalue weighted by Crippen LogP contribution is -2.40. The van der Waals surface area contributed by atoms with E-state index < -0.39 is 0 Å². The van der Waals surface area contributed by atoms with Crippen LogP contribution in [-0.2, 0) is 17.6 Å². The van der Waals surface area contributed by atoms with Gasteiger partial charge in [0.25, 0.3) is 0 Å². The number of nitrogens with two attached hydrogens (primary N) is 1. The molecule has 1 aromatic carbocycles. The molecule has 1 aromatic rings. The van der Waals surface area contributed by atoms with Gasteiger partial charge in [0.15, 0.2) is 11.1 Å². The molecule has 6 heteroatoms. The van der Waals surface area contributed by atoms with Crippen molar-refractivity contribution in [3.63, 3.8) is 0 Å². The molecule has 0 spiro atoms. The molecule has 0 aliphatic rings. The molecular weight excluding hydrogens is 284 g/mol. The van der Waals surface area contributed by atoms with Crippen molar-refractivity contribution < 1.29 is 4.74 Å². The van der Waals surface area contributed by atoms with Crippen LogP contribution in [0, 0.1) is 0 Å². The highest BCUT2D eigenvalue weighted by Crippen LogP contribution is 2.22. The van der Waals surface area contributed by atoms with E-state index in [1.165, 1.54) is 11.1 Å². The predicted octanol–water partition coefficient (Wildman–Crippen LogP) is 2.06. The lowest BCUT2D eigenvalue weighted by molar-refractivity contribution is 0.208. The highest BCUT2D eigenvalue weighted by atomic mass is 32.1. The Morgan fingerprint density at radius 1 is 1.29 bits per heavy atom. The Morgan fingerprint density at radius 2 is 1.90 bits per heavy atom. The molecule has 1 rings (SSSR count). The van der Waals surface area contributed by atoms with E-state index >= 15 is 0 Å². The number of benzene rings is 1. The number of methoxy groups -OCH3 is 1. The monoisotopic (exact) mass is 308 g/mol. The summed E-state index contributed by atoms with van der Waals surface area (Å²) in [5, 5.41) is 6.56. The topological polar surface area (TPSA) is 71.7 Å². The molecule has 0 aliphatic carbocycles. The lowest BCUT2D eigenvalue weighted by Gasteiger charge is -2.16. The summed E-state index contributed by atoms with van der Waals surface area (Å²) in [5.74, 6) is 0.288. The van der Waals surface area contributed by atoms with Gasteiger partial charge >= 0.3 is 0 Å². The first-order chi connectivity index (χ1) is 10.1. The Kier molecular flexibility index (Phi) is 7.71. The van der Waals surface area contributed by atoms with E-state index in [-0.39, 0.29) is 5.96 Å². The minimum absolute atomic E-state index is 0.288. The molecule has 0 saturated carbocycles. The van der Waals surface area contributed by atoms with Gasteiger partial charge in [0.05, 0.1) is 13.2 Å². The zero-order valence-electron chi connectivity index (χ0n) is 12.9. The van der Waals surface area contributed by atoms with Crippen LogP contribution in [0.25, 0.3) is 0 Å². The lowest BCUT2D eigenvalue weighted by atomic mass is 10.0. The largest absolute Gasteiger partial charge is 0.383 e. The molecule has 0 bridgehead atoms. The van der Waals surface area contributed by atoms with Crippen molar-refractivity contribution in [2.45, 2.75) is 26.7 Å². The number of nitrogens with zero attached hydrogens (tertiary/aromatic N) is 1. The molecule has 116 valence electrons. The fraction of sp³-hybridized carbons (Fsp3) is 0.467. The molecule has 0 heterocycles. The Labute approximate surface area is 132 Å². The van der Waals surface area contributed by atoms with Crippen molar-refractivity contribution in [2.75, 3.05) is 25.6 Å². The molecule has 0 radical (unpaired) electrons. The van der Waals surface area contributed by atoms with Gasteiger partial charge in [-0.1, -0.05) is 32.0 Å². The van der Waals surface area contributed by atoms with E-state index in [0.29, 0.717) is 18.3 Å².